The molecule has 0 aliphatic rings. The van der Waals surface area contributed by atoms with Gasteiger partial charge in [0.2, 0.25) is 0 Å². The molecule has 1 aromatic heterocycles. The van der Waals surface area contributed by atoms with Crippen LogP contribution in [0.4, 0.5) is 0 Å². The molecule has 0 fully saturated rings. The summed E-state index contributed by atoms with van der Waals surface area (Å²) in [5, 5.41) is 11.8. The molecule has 0 radical (unpaired) electrons. The number of aliphatic carboxylic acids is 1. The van der Waals surface area contributed by atoms with E-state index in [0.717, 1.165) is 5.56 Å². The van der Waals surface area contributed by atoms with Crippen LogP contribution in [-0.2, 0) is 11.2 Å². The first-order valence-corrected chi connectivity index (χ1v) is 6.62. The van der Waals surface area contributed by atoms with Crippen molar-refractivity contribution in [3.8, 4) is 0 Å². The number of rotatable bonds is 5. The molecular formula is C16H17NO4. The van der Waals surface area contributed by atoms with Gasteiger partial charge in [-0.25, -0.2) is 4.79 Å². The number of aryl methyl sites for hydroxylation is 2. The fraction of sp³-hybridized carbons (Fsp3) is 0.250. The van der Waals surface area contributed by atoms with Crippen LogP contribution in [0.15, 0.2) is 40.8 Å². The van der Waals surface area contributed by atoms with Gasteiger partial charge < -0.3 is 14.8 Å². The van der Waals surface area contributed by atoms with Crippen molar-refractivity contribution < 1.29 is 19.1 Å². The maximum Gasteiger partial charge on any atom is 0.326 e. The minimum absolute atomic E-state index is 0.159. The molecule has 21 heavy (non-hydrogen) atoms. The van der Waals surface area contributed by atoms with E-state index in [4.69, 9.17) is 4.42 Å². The zero-order chi connectivity index (χ0) is 15.4. The average Bonchev–Trinajstić information content (AvgIpc) is 2.78. The Morgan fingerprint density at radius 2 is 1.90 bits per heavy atom. The highest BCUT2D eigenvalue weighted by atomic mass is 16.4. The second-order valence-electron chi connectivity index (χ2n) is 4.92. The van der Waals surface area contributed by atoms with Gasteiger partial charge >= 0.3 is 5.97 Å². The molecule has 0 bridgehead atoms. The average molecular weight is 287 g/mol. The van der Waals surface area contributed by atoms with E-state index in [1.54, 1.807) is 19.9 Å². The molecule has 1 heterocycles. The molecule has 0 unspecified atom stereocenters. The quantitative estimate of drug-likeness (QED) is 0.884. The van der Waals surface area contributed by atoms with Crippen molar-refractivity contribution in [3.63, 3.8) is 0 Å². The van der Waals surface area contributed by atoms with Gasteiger partial charge in [-0.05, 0) is 25.5 Å². The summed E-state index contributed by atoms with van der Waals surface area (Å²) in [6, 6.07) is 9.90. The van der Waals surface area contributed by atoms with Gasteiger partial charge in [0.25, 0.3) is 5.91 Å². The van der Waals surface area contributed by atoms with Gasteiger partial charge in [-0.1, -0.05) is 30.3 Å². The molecule has 0 spiro atoms. The molecule has 5 nitrogen and oxygen atoms in total. The van der Waals surface area contributed by atoms with Crippen molar-refractivity contribution in [3.05, 3.63) is 59.0 Å². The van der Waals surface area contributed by atoms with Crippen molar-refractivity contribution in [1.29, 1.82) is 0 Å². The number of benzene rings is 1. The number of furan rings is 1. The summed E-state index contributed by atoms with van der Waals surface area (Å²) in [5.41, 5.74) is 1.53. The number of nitrogens with one attached hydrogen (secondary N) is 1. The predicted octanol–water partition coefficient (Wildman–Crippen LogP) is 2.32. The minimum atomic E-state index is -1.08. The van der Waals surface area contributed by atoms with E-state index in [1.165, 1.54) is 0 Å². The first-order chi connectivity index (χ1) is 9.97. The number of hydrogen-bond acceptors (Lipinski definition) is 3. The number of carbonyl (C=O) groups excluding carboxylic acids is 1. The molecule has 2 aromatic rings. The minimum Gasteiger partial charge on any atom is -0.480 e. The predicted molar refractivity (Wildman–Crippen MR) is 77.2 cm³/mol. The summed E-state index contributed by atoms with van der Waals surface area (Å²) in [6.07, 6.45) is 0.223. The van der Waals surface area contributed by atoms with Crippen molar-refractivity contribution >= 4 is 11.9 Å². The van der Waals surface area contributed by atoms with Crippen molar-refractivity contribution in [2.75, 3.05) is 0 Å². The lowest BCUT2D eigenvalue weighted by molar-refractivity contribution is -0.139. The van der Waals surface area contributed by atoms with Crippen LogP contribution in [0, 0.1) is 13.8 Å². The summed E-state index contributed by atoms with van der Waals surface area (Å²) in [4.78, 5) is 23.4. The van der Waals surface area contributed by atoms with E-state index in [9.17, 15) is 14.7 Å². The van der Waals surface area contributed by atoms with Crippen LogP contribution in [0.3, 0.4) is 0 Å². The molecule has 2 rings (SSSR count). The molecule has 0 saturated carbocycles. The zero-order valence-corrected chi connectivity index (χ0v) is 11.9. The first kappa shape index (κ1) is 14.8. The Morgan fingerprint density at radius 1 is 1.24 bits per heavy atom. The lowest BCUT2D eigenvalue weighted by Crippen LogP contribution is -2.42. The highest BCUT2D eigenvalue weighted by Gasteiger charge is 2.23. The molecular weight excluding hydrogens is 270 g/mol. The zero-order valence-electron chi connectivity index (χ0n) is 11.9. The number of amides is 1. The van der Waals surface area contributed by atoms with Crippen LogP contribution in [-0.4, -0.2) is 23.0 Å². The fourth-order valence-corrected chi connectivity index (χ4v) is 2.14. The summed E-state index contributed by atoms with van der Waals surface area (Å²) >= 11 is 0. The van der Waals surface area contributed by atoms with Crippen LogP contribution < -0.4 is 5.32 Å². The second-order valence-corrected chi connectivity index (χ2v) is 4.92. The molecule has 2 N–H and O–H groups in total. The number of hydrogen-bond donors (Lipinski definition) is 2. The van der Waals surface area contributed by atoms with E-state index >= 15 is 0 Å². The molecule has 1 atom stereocenters. The number of carboxylic acid groups (broad SMARTS) is 1. The van der Waals surface area contributed by atoms with E-state index in [2.05, 4.69) is 5.32 Å². The van der Waals surface area contributed by atoms with Gasteiger partial charge in [-0.2, -0.15) is 0 Å². The number of carbonyl (C=O) groups is 2. The van der Waals surface area contributed by atoms with Gasteiger partial charge in [-0.15, -0.1) is 0 Å². The van der Waals surface area contributed by atoms with Gasteiger partial charge in [-0.3, -0.25) is 4.79 Å². The normalized spacial score (nSPS) is 11.9. The Bertz CT molecular complexity index is 646. The smallest absolute Gasteiger partial charge is 0.326 e. The Kier molecular flexibility index (Phi) is 4.42. The van der Waals surface area contributed by atoms with E-state index in [-0.39, 0.29) is 12.2 Å². The van der Waals surface area contributed by atoms with Crippen molar-refractivity contribution in [2.45, 2.75) is 26.3 Å². The molecule has 0 aliphatic heterocycles. The Hall–Kier alpha value is -2.56. The Morgan fingerprint density at radius 3 is 2.43 bits per heavy atom. The summed E-state index contributed by atoms with van der Waals surface area (Å²) in [7, 11) is 0. The molecule has 1 amide bonds. The third-order valence-electron chi connectivity index (χ3n) is 3.13. The first-order valence-electron chi connectivity index (χ1n) is 6.62. The van der Waals surface area contributed by atoms with Crippen LogP contribution in [0.25, 0.3) is 0 Å². The highest BCUT2D eigenvalue weighted by Crippen LogP contribution is 2.14. The second kappa shape index (κ2) is 6.26. The van der Waals surface area contributed by atoms with E-state index in [0.29, 0.717) is 11.3 Å². The molecule has 5 heteroatoms. The van der Waals surface area contributed by atoms with Crippen LogP contribution in [0.1, 0.15) is 27.4 Å². The monoisotopic (exact) mass is 287 g/mol. The fourth-order valence-electron chi connectivity index (χ4n) is 2.14. The van der Waals surface area contributed by atoms with Gasteiger partial charge in [0, 0.05) is 12.0 Å². The summed E-state index contributed by atoms with van der Waals surface area (Å²) < 4.78 is 5.30. The molecule has 0 aliphatic carbocycles. The Balaban J connectivity index is 2.11. The largest absolute Gasteiger partial charge is 0.480 e. The van der Waals surface area contributed by atoms with E-state index in [1.807, 2.05) is 30.3 Å². The topological polar surface area (TPSA) is 79.5 Å². The van der Waals surface area contributed by atoms with Crippen LogP contribution >= 0.6 is 0 Å². The standard InChI is InChI=1S/C16H17NO4/c1-10-8-11(2)21-14(10)15(18)17-13(16(19)20)9-12-6-4-3-5-7-12/h3-8,13H,9H2,1-2H3,(H,17,18)(H,19,20)/t13-/m1/s1. The van der Waals surface area contributed by atoms with E-state index < -0.39 is 17.9 Å². The van der Waals surface area contributed by atoms with Crippen LogP contribution in [0.5, 0.6) is 0 Å². The van der Waals surface area contributed by atoms with Crippen LogP contribution in [0.2, 0.25) is 0 Å². The highest BCUT2D eigenvalue weighted by molar-refractivity contribution is 5.95. The maximum absolute atomic E-state index is 12.1. The molecule has 110 valence electrons. The third-order valence-corrected chi connectivity index (χ3v) is 3.13. The summed E-state index contributed by atoms with van der Waals surface area (Å²) in [5.74, 6) is -0.809. The molecule has 0 saturated heterocycles. The summed E-state index contributed by atoms with van der Waals surface area (Å²) in [6.45, 7) is 3.49. The lowest BCUT2D eigenvalue weighted by Gasteiger charge is -2.14. The third kappa shape index (κ3) is 3.72. The van der Waals surface area contributed by atoms with Gasteiger partial charge in [0.1, 0.15) is 11.8 Å². The number of carboxylic acids is 1. The lowest BCUT2D eigenvalue weighted by atomic mass is 10.1. The SMILES string of the molecule is Cc1cc(C)c(C(=O)N[C@H](Cc2ccccc2)C(=O)O)o1. The van der Waals surface area contributed by atoms with Crippen molar-refractivity contribution in [2.24, 2.45) is 0 Å². The molecule has 1 aromatic carbocycles. The Labute approximate surface area is 122 Å². The van der Waals surface area contributed by atoms with Gasteiger partial charge in [0.15, 0.2) is 5.76 Å². The van der Waals surface area contributed by atoms with Crippen molar-refractivity contribution in [1.82, 2.24) is 5.32 Å². The van der Waals surface area contributed by atoms with Gasteiger partial charge in [0.05, 0.1) is 0 Å². The maximum atomic E-state index is 12.1.